The summed E-state index contributed by atoms with van der Waals surface area (Å²) in [4.78, 5) is 17.1. The highest BCUT2D eigenvalue weighted by Crippen LogP contribution is 1.56. The third-order valence-electron chi connectivity index (χ3n) is 0. The van der Waals surface area contributed by atoms with Gasteiger partial charge in [0.05, 0.1) is 0 Å². The van der Waals surface area contributed by atoms with Crippen molar-refractivity contribution in [1.29, 1.82) is 0 Å². The SMILES string of the molecule is CCC.CCC.O.O=C(O)O.O=C(O)O. The van der Waals surface area contributed by atoms with Crippen molar-refractivity contribution in [1.82, 2.24) is 0 Å². The maximum absolute atomic E-state index is 8.56. The van der Waals surface area contributed by atoms with Crippen LogP contribution in [0.2, 0.25) is 0 Å². The van der Waals surface area contributed by atoms with Gasteiger partial charge in [-0.05, 0) is 0 Å². The smallest absolute Gasteiger partial charge is 0.450 e. The average Bonchev–Trinajstić information content (AvgIpc) is 1.85. The third-order valence-corrected chi connectivity index (χ3v) is 0. The normalized spacial score (nSPS) is 5.60. The van der Waals surface area contributed by atoms with Gasteiger partial charge in [0.2, 0.25) is 0 Å². The van der Waals surface area contributed by atoms with Crippen molar-refractivity contribution in [3.8, 4) is 0 Å². The highest BCUT2D eigenvalue weighted by Gasteiger charge is 1.70. The van der Waals surface area contributed by atoms with Gasteiger partial charge in [0.1, 0.15) is 0 Å². The van der Waals surface area contributed by atoms with Crippen molar-refractivity contribution in [2.24, 2.45) is 0 Å². The fourth-order valence-electron chi connectivity index (χ4n) is 0. The summed E-state index contributed by atoms with van der Waals surface area (Å²) in [7, 11) is 0. The molecule has 0 saturated carbocycles. The van der Waals surface area contributed by atoms with Gasteiger partial charge in [0, 0.05) is 0 Å². The minimum atomic E-state index is -1.83. The lowest BCUT2D eigenvalue weighted by atomic mass is 10.6. The van der Waals surface area contributed by atoms with E-state index in [0.717, 1.165) is 0 Å². The molecule has 6 N–H and O–H groups in total. The van der Waals surface area contributed by atoms with Crippen molar-refractivity contribution in [3.63, 3.8) is 0 Å². The predicted molar refractivity (Wildman–Crippen MR) is 56.9 cm³/mol. The molecule has 0 bridgehead atoms. The molecule has 0 unspecified atom stereocenters. The predicted octanol–water partition coefficient (Wildman–Crippen LogP) is 2.45. The van der Waals surface area contributed by atoms with E-state index < -0.39 is 12.3 Å². The number of carboxylic acid groups (broad SMARTS) is 4. The Morgan fingerprint density at radius 1 is 0.733 bits per heavy atom. The maximum atomic E-state index is 8.56. The van der Waals surface area contributed by atoms with Crippen LogP contribution in [0.25, 0.3) is 0 Å². The van der Waals surface area contributed by atoms with Crippen molar-refractivity contribution >= 4 is 12.3 Å². The van der Waals surface area contributed by atoms with Gasteiger partial charge in [-0.2, -0.15) is 0 Å². The third kappa shape index (κ3) is 612. The number of hydrogen-bond acceptors (Lipinski definition) is 2. The van der Waals surface area contributed by atoms with Crippen molar-refractivity contribution in [3.05, 3.63) is 0 Å². The lowest BCUT2D eigenvalue weighted by Crippen LogP contribution is -1.81. The fourth-order valence-corrected chi connectivity index (χ4v) is 0. The lowest BCUT2D eigenvalue weighted by Gasteiger charge is -1.60. The second-order valence-corrected chi connectivity index (χ2v) is 1.98. The minimum absolute atomic E-state index is 0. The van der Waals surface area contributed by atoms with Gasteiger partial charge < -0.3 is 25.9 Å². The highest BCUT2D eigenvalue weighted by molar-refractivity contribution is 5.53. The number of rotatable bonds is 0. The molecule has 0 rings (SSSR count). The molecule has 0 radical (unpaired) electrons. The first-order valence-electron chi connectivity index (χ1n) is 4.13. The molecule has 0 amide bonds. The molecule has 15 heavy (non-hydrogen) atoms. The van der Waals surface area contributed by atoms with E-state index in [-0.39, 0.29) is 5.48 Å². The molecule has 0 aromatic heterocycles. The van der Waals surface area contributed by atoms with Crippen LogP contribution in [0.5, 0.6) is 0 Å². The van der Waals surface area contributed by atoms with Crippen LogP contribution in [0.1, 0.15) is 40.5 Å². The van der Waals surface area contributed by atoms with E-state index >= 15 is 0 Å². The first-order chi connectivity index (χ1) is 6.29. The lowest BCUT2D eigenvalue weighted by molar-refractivity contribution is 0.135. The van der Waals surface area contributed by atoms with Crippen LogP contribution in [0.3, 0.4) is 0 Å². The van der Waals surface area contributed by atoms with Gasteiger partial charge in [0.25, 0.3) is 0 Å². The largest absolute Gasteiger partial charge is 0.503 e. The molecule has 7 nitrogen and oxygen atoms in total. The summed E-state index contributed by atoms with van der Waals surface area (Å²) in [5.74, 6) is 0. The van der Waals surface area contributed by atoms with Crippen LogP contribution in [-0.2, 0) is 0 Å². The standard InChI is InChI=1S/2C3H8.2CH2O3.H2O/c2*1-3-2;2*2-1(3)4;/h2*3H2,1-2H3;2*(H2,2,3,4);1H2. The Kier molecular flexibility index (Phi) is 76.2. The summed E-state index contributed by atoms with van der Waals surface area (Å²) in [5, 5.41) is 27.9. The molecule has 0 aromatic rings. The highest BCUT2D eigenvalue weighted by atomic mass is 16.6. The summed E-state index contributed by atoms with van der Waals surface area (Å²) < 4.78 is 0. The Bertz CT molecular complexity index is 91.6. The van der Waals surface area contributed by atoms with Crippen LogP contribution in [0.15, 0.2) is 0 Å². The monoisotopic (exact) mass is 230 g/mol. The van der Waals surface area contributed by atoms with Gasteiger partial charge in [-0.25, -0.2) is 9.59 Å². The Morgan fingerprint density at radius 3 is 0.733 bits per heavy atom. The topological polar surface area (TPSA) is 147 Å². The molecule has 0 aliphatic carbocycles. The second-order valence-electron chi connectivity index (χ2n) is 1.98. The molecule has 7 heteroatoms. The second kappa shape index (κ2) is 39.1. The molecule has 0 aliphatic rings. The molecule has 0 fully saturated rings. The Balaban J connectivity index is -0.0000000293. The van der Waals surface area contributed by atoms with E-state index in [2.05, 4.69) is 27.7 Å². The summed E-state index contributed by atoms with van der Waals surface area (Å²) in [5.41, 5.74) is 0. The fraction of sp³-hybridized carbons (Fsp3) is 0.750. The van der Waals surface area contributed by atoms with Gasteiger partial charge in [0.15, 0.2) is 0 Å². The molecule has 96 valence electrons. The van der Waals surface area contributed by atoms with E-state index in [1.807, 2.05) is 0 Å². The molecule has 0 saturated heterocycles. The summed E-state index contributed by atoms with van der Waals surface area (Å²) >= 11 is 0. The number of carbonyl (C=O) groups is 2. The van der Waals surface area contributed by atoms with E-state index in [4.69, 9.17) is 30.0 Å². The van der Waals surface area contributed by atoms with E-state index in [0.29, 0.717) is 0 Å². The summed E-state index contributed by atoms with van der Waals surface area (Å²) in [6, 6.07) is 0. The Hall–Kier alpha value is -1.50. The van der Waals surface area contributed by atoms with E-state index in [1.165, 1.54) is 12.8 Å². The van der Waals surface area contributed by atoms with Gasteiger partial charge in [-0.3, -0.25) is 0 Å². The molecule has 0 atom stereocenters. The first kappa shape index (κ1) is 29.2. The van der Waals surface area contributed by atoms with Crippen LogP contribution in [-0.4, -0.2) is 38.2 Å². The van der Waals surface area contributed by atoms with Crippen molar-refractivity contribution in [2.45, 2.75) is 40.5 Å². The van der Waals surface area contributed by atoms with E-state index in [1.54, 1.807) is 0 Å². The Labute approximate surface area is 89.3 Å². The van der Waals surface area contributed by atoms with Crippen LogP contribution >= 0.6 is 0 Å². The van der Waals surface area contributed by atoms with Gasteiger partial charge in [-0.15, -0.1) is 0 Å². The zero-order chi connectivity index (χ0) is 12.6. The number of hydrogen-bond donors (Lipinski definition) is 4. The Morgan fingerprint density at radius 2 is 0.733 bits per heavy atom. The summed E-state index contributed by atoms with van der Waals surface area (Å²) in [6.45, 7) is 8.50. The van der Waals surface area contributed by atoms with Crippen LogP contribution < -0.4 is 0 Å². The molecule has 0 aromatic carbocycles. The zero-order valence-corrected chi connectivity index (χ0v) is 9.52. The minimum Gasteiger partial charge on any atom is -0.450 e. The van der Waals surface area contributed by atoms with Gasteiger partial charge in [-0.1, -0.05) is 40.5 Å². The molecular weight excluding hydrogens is 208 g/mol. The first-order valence-corrected chi connectivity index (χ1v) is 4.13. The summed E-state index contributed by atoms with van der Waals surface area (Å²) in [6.07, 6.45) is -1.17. The molecule has 0 heterocycles. The van der Waals surface area contributed by atoms with Crippen LogP contribution in [0.4, 0.5) is 9.59 Å². The quantitative estimate of drug-likeness (QED) is 0.502. The molecule has 0 aliphatic heterocycles. The van der Waals surface area contributed by atoms with Crippen molar-refractivity contribution in [2.75, 3.05) is 0 Å². The molecular formula is C8H22O7. The molecule has 0 spiro atoms. The average molecular weight is 230 g/mol. The maximum Gasteiger partial charge on any atom is 0.503 e. The zero-order valence-electron chi connectivity index (χ0n) is 9.52. The van der Waals surface area contributed by atoms with Gasteiger partial charge >= 0.3 is 12.3 Å². The van der Waals surface area contributed by atoms with Crippen molar-refractivity contribution < 1.29 is 35.5 Å². The van der Waals surface area contributed by atoms with E-state index in [9.17, 15) is 0 Å². The van der Waals surface area contributed by atoms with Crippen LogP contribution in [0, 0.1) is 0 Å².